The Labute approximate surface area is 327 Å². The Morgan fingerprint density at radius 3 is 2.46 bits per heavy atom. The van der Waals surface area contributed by atoms with Gasteiger partial charge in [-0.25, -0.2) is 28.6 Å². The number of aromatic nitrogens is 4. The number of thioether (sulfide) groups is 1. The largest absolute Gasteiger partial charge is 0.481 e. The van der Waals surface area contributed by atoms with Crippen LogP contribution in [0.4, 0.5) is 5.82 Å². The maximum absolute atomic E-state index is 12.7. The third-order valence-electron chi connectivity index (χ3n) is 8.13. The summed E-state index contributed by atoms with van der Waals surface area (Å²) in [6, 6.07) is 0. The number of fused-ring (bicyclic) bond motifs is 1. The SMILES string of the molecule is CC(C)(COP(=O)(O)OP(=O)(O)OC[C@H]1O[C@@H](n2cnc3c(N)ncnc32)[C@H](O)[C@@H]1OP(=O)(O)O)[C@@H](O)C(=O)NCCC(=O)NCCSC(=O)CC1CCC(=O)O1. The lowest BCUT2D eigenvalue weighted by atomic mass is 9.87. The van der Waals surface area contributed by atoms with Gasteiger partial charge in [-0.2, -0.15) is 4.31 Å². The van der Waals surface area contributed by atoms with E-state index in [0.29, 0.717) is 6.42 Å². The molecule has 2 aliphatic rings. The number of anilines is 1. The summed E-state index contributed by atoms with van der Waals surface area (Å²) < 4.78 is 67.0. The number of carbonyl (C=O) groups is 4. The Kier molecular flexibility index (Phi) is 15.9. The Balaban J connectivity index is 1.21. The molecule has 0 aromatic carbocycles. The first-order valence-electron chi connectivity index (χ1n) is 16.7. The number of cyclic esters (lactones) is 1. The van der Waals surface area contributed by atoms with Gasteiger partial charge in [0.15, 0.2) is 22.8 Å². The zero-order valence-electron chi connectivity index (χ0n) is 30.1. The number of phosphoric ester groups is 3. The van der Waals surface area contributed by atoms with Gasteiger partial charge in [-0.05, 0) is 6.42 Å². The quantitative estimate of drug-likeness (QED) is 0.0402. The fourth-order valence-corrected chi connectivity index (χ4v) is 8.83. The molecule has 4 rings (SSSR count). The number of carbonyl (C=O) groups excluding carboxylic acids is 4. The summed E-state index contributed by atoms with van der Waals surface area (Å²) in [6.45, 7) is 0.333. The van der Waals surface area contributed by atoms with Crippen LogP contribution in [0.3, 0.4) is 0 Å². The lowest BCUT2D eigenvalue weighted by Gasteiger charge is -2.30. The summed E-state index contributed by atoms with van der Waals surface area (Å²) in [7, 11) is -16.4. The van der Waals surface area contributed by atoms with E-state index in [-0.39, 0.29) is 66.2 Å². The van der Waals surface area contributed by atoms with Crippen LogP contribution in [0, 0.1) is 5.41 Å². The number of esters is 1. The number of nitrogen functional groups attached to an aromatic ring is 1. The van der Waals surface area contributed by atoms with Crippen molar-refractivity contribution in [2.24, 2.45) is 5.41 Å². The van der Waals surface area contributed by atoms with Crippen molar-refractivity contribution >= 4 is 75.1 Å². The van der Waals surface area contributed by atoms with Gasteiger partial charge in [0.2, 0.25) is 11.8 Å². The molecule has 2 aromatic heterocycles. The van der Waals surface area contributed by atoms with Crippen LogP contribution in [0.5, 0.6) is 0 Å². The molecule has 320 valence electrons. The number of amides is 2. The molecule has 4 heterocycles. The van der Waals surface area contributed by atoms with Crippen LogP contribution in [0.1, 0.15) is 45.8 Å². The van der Waals surface area contributed by atoms with Gasteiger partial charge in [-0.1, -0.05) is 25.6 Å². The normalized spacial score (nSPS) is 24.1. The smallest absolute Gasteiger partial charge is 0.462 e. The van der Waals surface area contributed by atoms with E-state index in [2.05, 4.69) is 34.4 Å². The van der Waals surface area contributed by atoms with Crippen LogP contribution >= 0.6 is 35.2 Å². The molecule has 2 aliphatic heterocycles. The molecule has 8 atom stereocenters. The lowest BCUT2D eigenvalue weighted by Crippen LogP contribution is -2.46. The van der Waals surface area contributed by atoms with Gasteiger partial charge in [0.25, 0.3) is 0 Å². The average Bonchev–Trinajstić information content (AvgIpc) is 3.80. The summed E-state index contributed by atoms with van der Waals surface area (Å²) in [5, 5.41) is 26.1. The Bertz CT molecular complexity index is 1930. The predicted molar refractivity (Wildman–Crippen MR) is 191 cm³/mol. The molecule has 26 nitrogen and oxygen atoms in total. The van der Waals surface area contributed by atoms with Crippen molar-refractivity contribution in [1.82, 2.24) is 30.2 Å². The monoisotopic (exact) mass is 893 g/mol. The number of aliphatic hydroxyl groups excluding tert-OH is 2. The van der Waals surface area contributed by atoms with E-state index in [9.17, 15) is 62.7 Å². The van der Waals surface area contributed by atoms with Gasteiger partial charge < -0.3 is 55.6 Å². The molecule has 0 radical (unpaired) electrons. The number of hydrogen-bond donors (Lipinski definition) is 9. The summed E-state index contributed by atoms with van der Waals surface area (Å²) >= 11 is 0.967. The molecule has 2 fully saturated rings. The molecule has 0 aliphatic carbocycles. The second-order valence-electron chi connectivity index (χ2n) is 13.1. The first-order valence-corrected chi connectivity index (χ1v) is 22.2. The number of phosphoric acid groups is 3. The van der Waals surface area contributed by atoms with E-state index >= 15 is 0 Å². The van der Waals surface area contributed by atoms with Gasteiger partial charge in [0.1, 0.15) is 42.4 Å². The number of rotatable bonds is 21. The number of hydrogen-bond acceptors (Lipinski definition) is 20. The van der Waals surface area contributed by atoms with E-state index < -0.39 is 90.7 Å². The van der Waals surface area contributed by atoms with E-state index in [1.54, 1.807) is 0 Å². The van der Waals surface area contributed by atoms with Gasteiger partial charge in [0, 0.05) is 37.1 Å². The highest BCUT2D eigenvalue weighted by atomic mass is 32.2. The number of aliphatic hydroxyl groups is 2. The topological polar surface area (TPSA) is 390 Å². The third kappa shape index (κ3) is 13.8. The molecular weight excluding hydrogens is 851 g/mol. The predicted octanol–water partition coefficient (Wildman–Crippen LogP) is -1.24. The molecule has 2 aromatic rings. The third-order valence-corrected chi connectivity index (χ3v) is 12.1. The van der Waals surface area contributed by atoms with Crippen LogP contribution in [0.15, 0.2) is 12.7 Å². The zero-order chi connectivity index (χ0) is 42.3. The van der Waals surface area contributed by atoms with E-state index in [0.717, 1.165) is 29.0 Å². The number of ether oxygens (including phenoxy) is 2. The van der Waals surface area contributed by atoms with Crippen molar-refractivity contribution in [2.45, 2.75) is 76.3 Å². The summed E-state index contributed by atoms with van der Waals surface area (Å²) in [4.78, 5) is 98.7. The first-order chi connectivity index (χ1) is 26.5. The molecule has 3 unspecified atom stereocenters. The molecule has 30 heteroatoms. The van der Waals surface area contributed by atoms with Crippen LogP contribution < -0.4 is 16.4 Å². The summed E-state index contributed by atoms with van der Waals surface area (Å²) in [5.41, 5.74) is 4.22. The van der Waals surface area contributed by atoms with Gasteiger partial charge in [-0.3, -0.25) is 37.3 Å². The summed E-state index contributed by atoms with van der Waals surface area (Å²) in [5.74, 6) is -1.62. The molecule has 0 spiro atoms. The molecule has 2 amide bonds. The van der Waals surface area contributed by atoms with Crippen molar-refractivity contribution in [2.75, 3.05) is 37.8 Å². The molecule has 57 heavy (non-hydrogen) atoms. The summed E-state index contributed by atoms with van der Waals surface area (Å²) in [6.07, 6.45) is -6.64. The average molecular weight is 894 g/mol. The molecule has 0 bridgehead atoms. The zero-order valence-corrected chi connectivity index (χ0v) is 33.6. The molecular formula is C27H42N7O19P3S. The van der Waals surface area contributed by atoms with Crippen molar-refractivity contribution in [1.29, 1.82) is 0 Å². The minimum absolute atomic E-state index is 0.0239. The van der Waals surface area contributed by atoms with Crippen LogP contribution in [0.25, 0.3) is 11.2 Å². The number of nitrogens with two attached hydrogens (primary N) is 1. The van der Waals surface area contributed by atoms with Crippen molar-refractivity contribution in [3.05, 3.63) is 12.7 Å². The number of imidazole rings is 1. The molecule has 2 saturated heterocycles. The minimum Gasteiger partial charge on any atom is -0.462 e. The minimum atomic E-state index is -5.58. The number of nitrogens with one attached hydrogen (secondary N) is 2. The molecule has 10 N–H and O–H groups in total. The second-order valence-corrected chi connectivity index (χ2v) is 18.5. The van der Waals surface area contributed by atoms with Crippen LogP contribution in [0.2, 0.25) is 0 Å². The van der Waals surface area contributed by atoms with Crippen molar-refractivity contribution in [3.8, 4) is 0 Å². The van der Waals surface area contributed by atoms with E-state index in [1.807, 2.05) is 0 Å². The van der Waals surface area contributed by atoms with E-state index in [4.69, 9.17) is 24.3 Å². The Hall–Kier alpha value is -2.97. The van der Waals surface area contributed by atoms with Gasteiger partial charge >= 0.3 is 29.4 Å². The Morgan fingerprint density at radius 2 is 1.79 bits per heavy atom. The first kappa shape index (κ1) is 46.7. The fraction of sp³-hybridized carbons (Fsp3) is 0.667. The second kappa shape index (κ2) is 19.4. The van der Waals surface area contributed by atoms with Crippen LogP contribution in [-0.4, -0.2) is 135 Å². The lowest BCUT2D eigenvalue weighted by molar-refractivity contribution is -0.142. The van der Waals surface area contributed by atoms with Gasteiger partial charge in [0.05, 0.1) is 26.0 Å². The molecule has 0 saturated carbocycles. The Morgan fingerprint density at radius 1 is 1.09 bits per heavy atom. The highest BCUT2D eigenvalue weighted by Gasteiger charge is 2.50. The maximum atomic E-state index is 12.7. The van der Waals surface area contributed by atoms with Crippen molar-refractivity contribution < 1.29 is 90.0 Å². The maximum Gasteiger partial charge on any atom is 0.481 e. The van der Waals surface area contributed by atoms with Gasteiger partial charge in [-0.15, -0.1) is 0 Å². The highest BCUT2D eigenvalue weighted by Crippen LogP contribution is 2.61. The van der Waals surface area contributed by atoms with Crippen LogP contribution in [-0.2, 0) is 60.2 Å². The number of nitrogens with zero attached hydrogens (tertiary/aromatic N) is 4. The van der Waals surface area contributed by atoms with E-state index in [1.165, 1.54) is 13.8 Å². The van der Waals surface area contributed by atoms with Crippen molar-refractivity contribution in [3.63, 3.8) is 0 Å². The fourth-order valence-electron chi connectivity index (χ4n) is 5.27. The standard InChI is InChI=1S/C27H42N7O19P3S/c1-27(2,22(39)25(40)30-6-5-16(35)29-7-8-57-18(37)9-14-3-4-17(36)50-14)11-49-56(46,47)53-55(44,45)48-10-15-21(52-54(41,42)43)20(38)26(51-15)34-13-33-19-23(28)31-12-32-24(19)34/h12-15,20-22,26,38-39H,3-11H2,1-2H3,(H,29,35)(H,30,40)(H,44,45)(H,46,47)(H2,28,31,32)(H2,41,42,43)/t14?,15-,20-,21-,22+,26-/m1/s1. The highest BCUT2D eigenvalue weighted by molar-refractivity contribution is 8.13.